The van der Waals surface area contributed by atoms with E-state index in [1.807, 2.05) is 19.1 Å². The van der Waals surface area contributed by atoms with Gasteiger partial charge in [0.25, 0.3) is 0 Å². The van der Waals surface area contributed by atoms with Gasteiger partial charge in [-0.3, -0.25) is 0 Å². The van der Waals surface area contributed by atoms with Gasteiger partial charge in [-0.2, -0.15) is 4.98 Å². The molecule has 1 aliphatic heterocycles. The highest BCUT2D eigenvalue weighted by Crippen LogP contribution is 2.25. The van der Waals surface area contributed by atoms with Crippen molar-refractivity contribution in [1.82, 2.24) is 9.97 Å². The monoisotopic (exact) mass is 314 g/mol. The van der Waals surface area contributed by atoms with Crippen LogP contribution >= 0.6 is 0 Å². The van der Waals surface area contributed by atoms with Crippen LogP contribution < -0.4 is 10.6 Å². The van der Waals surface area contributed by atoms with Gasteiger partial charge in [-0.1, -0.05) is 12.1 Å². The van der Waals surface area contributed by atoms with Crippen LogP contribution in [0.15, 0.2) is 30.3 Å². The van der Waals surface area contributed by atoms with Crippen molar-refractivity contribution in [2.75, 3.05) is 23.7 Å². The van der Waals surface area contributed by atoms with Gasteiger partial charge >= 0.3 is 0 Å². The van der Waals surface area contributed by atoms with E-state index in [1.165, 1.54) is 12.5 Å². The minimum absolute atomic E-state index is 0.153. The van der Waals surface area contributed by atoms with E-state index >= 15 is 0 Å². The maximum absolute atomic E-state index is 13.3. The van der Waals surface area contributed by atoms with Crippen molar-refractivity contribution in [3.8, 4) is 0 Å². The summed E-state index contributed by atoms with van der Waals surface area (Å²) in [6.07, 6.45) is 4.35. The first-order valence-electron chi connectivity index (χ1n) is 8.21. The van der Waals surface area contributed by atoms with Crippen LogP contribution in [-0.4, -0.2) is 23.1 Å². The molecule has 0 amide bonds. The molecule has 122 valence electrons. The number of anilines is 2. The number of piperidine rings is 1. The molecule has 0 radical (unpaired) electrons. The minimum atomic E-state index is -0.153. The van der Waals surface area contributed by atoms with Crippen molar-refractivity contribution in [3.63, 3.8) is 0 Å². The Hall–Kier alpha value is -2.17. The molecule has 1 atom stereocenters. The van der Waals surface area contributed by atoms with E-state index in [-0.39, 0.29) is 5.82 Å². The lowest BCUT2D eigenvalue weighted by Gasteiger charge is -2.33. The van der Waals surface area contributed by atoms with Crippen molar-refractivity contribution in [2.45, 2.75) is 32.6 Å². The summed E-state index contributed by atoms with van der Waals surface area (Å²) in [5, 5.41) is 0. The van der Waals surface area contributed by atoms with Gasteiger partial charge in [-0.15, -0.1) is 0 Å². The predicted molar refractivity (Wildman–Crippen MR) is 90.8 cm³/mol. The van der Waals surface area contributed by atoms with Crippen LogP contribution in [0, 0.1) is 18.7 Å². The predicted octanol–water partition coefficient (Wildman–Crippen LogP) is 3.36. The first-order chi connectivity index (χ1) is 11.1. The Bertz CT molecular complexity index is 654. The number of nitrogen functional groups attached to an aromatic ring is 1. The van der Waals surface area contributed by atoms with Gasteiger partial charge in [-0.05, 0) is 56.2 Å². The second kappa shape index (κ2) is 6.94. The van der Waals surface area contributed by atoms with Crippen LogP contribution in [0.5, 0.6) is 0 Å². The maximum Gasteiger partial charge on any atom is 0.222 e. The number of hydrogen-bond acceptors (Lipinski definition) is 4. The number of nitrogens with zero attached hydrogens (tertiary/aromatic N) is 3. The largest absolute Gasteiger partial charge is 0.368 e. The quantitative estimate of drug-likeness (QED) is 0.940. The Morgan fingerprint density at radius 2 is 2.17 bits per heavy atom. The lowest BCUT2D eigenvalue weighted by atomic mass is 9.91. The second-order valence-corrected chi connectivity index (χ2v) is 6.35. The zero-order valence-corrected chi connectivity index (χ0v) is 13.5. The molecule has 1 saturated heterocycles. The van der Waals surface area contributed by atoms with Crippen LogP contribution in [0.1, 0.15) is 30.5 Å². The van der Waals surface area contributed by atoms with E-state index < -0.39 is 0 Å². The number of halogens is 1. The minimum Gasteiger partial charge on any atom is -0.368 e. The van der Waals surface area contributed by atoms with Gasteiger partial charge in [0.1, 0.15) is 11.6 Å². The van der Waals surface area contributed by atoms with E-state index in [4.69, 9.17) is 5.73 Å². The molecular formula is C18H23FN4. The van der Waals surface area contributed by atoms with E-state index in [9.17, 15) is 4.39 Å². The van der Waals surface area contributed by atoms with Crippen molar-refractivity contribution in [3.05, 3.63) is 47.4 Å². The molecule has 1 fully saturated rings. The van der Waals surface area contributed by atoms with Gasteiger partial charge in [0, 0.05) is 24.8 Å². The SMILES string of the molecule is Cc1cc(N2CCC[C@H](CCc3cccc(F)c3)C2)nc(N)n1. The van der Waals surface area contributed by atoms with Crippen molar-refractivity contribution in [1.29, 1.82) is 0 Å². The van der Waals surface area contributed by atoms with Crippen LogP contribution in [0.2, 0.25) is 0 Å². The summed E-state index contributed by atoms with van der Waals surface area (Å²) >= 11 is 0. The summed E-state index contributed by atoms with van der Waals surface area (Å²) in [6, 6.07) is 8.90. The molecule has 5 heteroatoms. The zero-order valence-electron chi connectivity index (χ0n) is 13.5. The summed E-state index contributed by atoms with van der Waals surface area (Å²) in [6.45, 7) is 3.92. The molecule has 3 rings (SSSR count). The molecule has 23 heavy (non-hydrogen) atoms. The zero-order chi connectivity index (χ0) is 16.2. The Kier molecular flexibility index (Phi) is 4.74. The molecule has 4 nitrogen and oxygen atoms in total. The van der Waals surface area contributed by atoms with Gasteiger partial charge < -0.3 is 10.6 Å². The molecular weight excluding hydrogens is 291 g/mol. The Morgan fingerprint density at radius 1 is 1.30 bits per heavy atom. The average molecular weight is 314 g/mol. The van der Waals surface area contributed by atoms with Crippen LogP contribution in [0.3, 0.4) is 0 Å². The van der Waals surface area contributed by atoms with Crippen LogP contribution in [-0.2, 0) is 6.42 Å². The molecule has 1 aromatic carbocycles. The first-order valence-corrected chi connectivity index (χ1v) is 8.21. The van der Waals surface area contributed by atoms with Gasteiger partial charge in [0.05, 0.1) is 0 Å². The number of benzene rings is 1. The maximum atomic E-state index is 13.3. The van der Waals surface area contributed by atoms with Gasteiger partial charge in [0.2, 0.25) is 5.95 Å². The van der Waals surface area contributed by atoms with Crippen LogP contribution in [0.25, 0.3) is 0 Å². The summed E-state index contributed by atoms with van der Waals surface area (Å²) < 4.78 is 13.3. The highest BCUT2D eigenvalue weighted by Gasteiger charge is 2.21. The van der Waals surface area contributed by atoms with E-state index in [0.717, 1.165) is 49.4 Å². The fourth-order valence-electron chi connectivity index (χ4n) is 3.31. The van der Waals surface area contributed by atoms with E-state index in [0.29, 0.717) is 11.9 Å². The molecule has 2 N–H and O–H groups in total. The molecule has 1 aliphatic rings. The third kappa shape index (κ3) is 4.18. The smallest absolute Gasteiger partial charge is 0.222 e. The third-order valence-electron chi connectivity index (χ3n) is 4.43. The Balaban J connectivity index is 1.61. The summed E-state index contributed by atoms with van der Waals surface area (Å²) in [5.41, 5.74) is 7.74. The molecule has 0 aliphatic carbocycles. The molecule has 0 unspecified atom stereocenters. The lowest BCUT2D eigenvalue weighted by molar-refractivity contribution is 0.390. The highest BCUT2D eigenvalue weighted by molar-refractivity contribution is 5.43. The summed E-state index contributed by atoms with van der Waals surface area (Å²) in [4.78, 5) is 10.8. The standard InChI is InChI=1S/C18H23FN4/c1-13-10-17(22-18(20)21-13)23-9-3-5-15(12-23)8-7-14-4-2-6-16(19)11-14/h2,4,6,10-11,15H,3,5,7-9,12H2,1H3,(H2,20,21,22)/t15-/m1/s1. The fourth-order valence-corrected chi connectivity index (χ4v) is 3.31. The fraction of sp³-hybridized carbons (Fsp3) is 0.444. The van der Waals surface area contributed by atoms with Crippen molar-refractivity contribution in [2.24, 2.45) is 5.92 Å². The van der Waals surface area contributed by atoms with Gasteiger partial charge in [0.15, 0.2) is 0 Å². The molecule has 1 aromatic heterocycles. The van der Waals surface area contributed by atoms with Crippen molar-refractivity contribution < 1.29 is 4.39 Å². The van der Waals surface area contributed by atoms with E-state index in [1.54, 1.807) is 12.1 Å². The first kappa shape index (κ1) is 15.7. The Morgan fingerprint density at radius 3 is 2.96 bits per heavy atom. The Labute approximate surface area is 136 Å². The molecule has 0 spiro atoms. The summed E-state index contributed by atoms with van der Waals surface area (Å²) in [7, 11) is 0. The number of aryl methyl sites for hydroxylation is 2. The lowest BCUT2D eigenvalue weighted by Crippen LogP contribution is -2.36. The molecule has 2 heterocycles. The number of rotatable bonds is 4. The van der Waals surface area contributed by atoms with E-state index in [2.05, 4.69) is 14.9 Å². The topological polar surface area (TPSA) is 55.0 Å². The van der Waals surface area contributed by atoms with Gasteiger partial charge in [-0.25, -0.2) is 9.37 Å². The van der Waals surface area contributed by atoms with Crippen molar-refractivity contribution >= 4 is 11.8 Å². The van der Waals surface area contributed by atoms with Crippen LogP contribution in [0.4, 0.5) is 16.2 Å². The number of hydrogen-bond donors (Lipinski definition) is 1. The summed E-state index contributed by atoms with van der Waals surface area (Å²) in [5.74, 6) is 1.70. The number of aromatic nitrogens is 2. The highest BCUT2D eigenvalue weighted by atomic mass is 19.1. The normalized spacial score (nSPS) is 18.2. The average Bonchev–Trinajstić information content (AvgIpc) is 2.52. The molecule has 2 aromatic rings. The third-order valence-corrected chi connectivity index (χ3v) is 4.43. The number of nitrogens with two attached hydrogens (primary N) is 1. The molecule has 0 bridgehead atoms. The molecule has 0 saturated carbocycles. The second-order valence-electron chi connectivity index (χ2n) is 6.35.